The van der Waals surface area contributed by atoms with Crippen molar-refractivity contribution in [3.8, 4) is 0 Å². The zero-order valence-corrected chi connectivity index (χ0v) is 15.6. The van der Waals surface area contributed by atoms with Gasteiger partial charge in [0, 0.05) is 32.1 Å². The van der Waals surface area contributed by atoms with Crippen molar-refractivity contribution in [3.63, 3.8) is 0 Å². The lowest BCUT2D eigenvalue weighted by Gasteiger charge is -2.11. The van der Waals surface area contributed by atoms with E-state index in [9.17, 15) is 13.2 Å². The van der Waals surface area contributed by atoms with Gasteiger partial charge in [-0.05, 0) is 37.0 Å². The molecule has 0 unspecified atom stereocenters. The summed E-state index contributed by atoms with van der Waals surface area (Å²) in [6, 6.07) is 4.20. The molecule has 0 aliphatic carbocycles. The fourth-order valence-corrected chi connectivity index (χ4v) is 4.58. The summed E-state index contributed by atoms with van der Waals surface area (Å²) in [5, 5.41) is 9.12. The second-order valence-electron chi connectivity index (χ2n) is 6.43. The molecular weight excluding hydrogens is 354 g/mol. The van der Waals surface area contributed by atoms with Gasteiger partial charge in [-0.15, -0.1) is 0 Å². The summed E-state index contributed by atoms with van der Waals surface area (Å²) < 4.78 is 30.0. The molecule has 0 spiro atoms. The lowest BCUT2D eigenvalue weighted by Crippen LogP contribution is -2.27. The maximum absolute atomic E-state index is 12.6. The van der Waals surface area contributed by atoms with Crippen LogP contribution in [0.15, 0.2) is 29.3 Å². The number of carboxylic acids is 1. The van der Waals surface area contributed by atoms with Gasteiger partial charge in [-0.25, -0.2) is 22.9 Å². The zero-order chi connectivity index (χ0) is 18.7. The quantitative estimate of drug-likeness (QED) is 0.768. The third-order valence-corrected chi connectivity index (χ3v) is 6.16. The van der Waals surface area contributed by atoms with Crippen molar-refractivity contribution in [2.45, 2.75) is 50.5 Å². The summed E-state index contributed by atoms with van der Waals surface area (Å²) in [4.78, 5) is 15.7. The molecule has 1 aromatic heterocycles. The standard InChI is InChI=1S/C18H23N3O4S/c1-2-13-6-7-14(18(22)23)11-16(13)26(24,25)19-9-8-15-12-21-10-4-3-5-17(21)20-15/h6-7,11-12,19H,2-5,8-10H2,1H3,(H,22,23). The molecule has 0 bridgehead atoms. The highest BCUT2D eigenvalue weighted by atomic mass is 32.2. The minimum absolute atomic E-state index is 0.0315. The Labute approximate surface area is 153 Å². The van der Waals surface area contributed by atoms with Crippen molar-refractivity contribution in [1.29, 1.82) is 0 Å². The number of imidazole rings is 1. The Morgan fingerprint density at radius 2 is 2.15 bits per heavy atom. The fourth-order valence-electron chi connectivity index (χ4n) is 3.21. The maximum atomic E-state index is 12.6. The average Bonchev–Trinajstić information content (AvgIpc) is 3.03. The third kappa shape index (κ3) is 3.96. The van der Waals surface area contributed by atoms with Crippen molar-refractivity contribution in [2.75, 3.05) is 6.54 Å². The molecule has 3 rings (SSSR count). The van der Waals surface area contributed by atoms with Gasteiger partial charge in [0.2, 0.25) is 10.0 Å². The summed E-state index contributed by atoms with van der Waals surface area (Å²) in [7, 11) is -3.78. The van der Waals surface area contributed by atoms with Crippen LogP contribution in [0.2, 0.25) is 0 Å². The normalized spacial score (nSPS) is 14.2. The molecule has 2 heterocycles. The highest BCUT2D eigenvalue weighted by Crippen LogP contribution is 2.19. The van der Waals surface area contributed by atoms with Gasteiger partial charge in [0.05, 0.1) is 16.2 Å². The Hall–Kier alpha value is -2.19. The second-order valence-corrected chi connectivity index (χ2v) is 8.16. The van der Waals surface area contributed by atoms with Gasteiger partial charge in [-0.1, -0.05) is 13.0 Å². The summed E-state index contributed by atoms with van der Waals surface area (Å²) in [6.45, 7) is 3.03. The van der Waals surface area contributed by atoms with Crippen LogP contribution in [-0.2, 0) is 35.8 Å². The Kier molecular flexibility index (Phi) is 5.43. The molecule has 0 amide bonds. The molecule has 0 radical (unpaired) electrons. The molecule has 1 aliphatic heterocycles. The smallest absolute Gasteiger partial charge is 0.335 e. The summed E-state index contributed by atoms with van der Waals surface area (Å²) in [5.41, 5.74) is 1.43. The molecule has 0 fully saturated rings. The van der Waals surface area contributed by atoms with E-state index in [0.717, 1.165) is 37.3 Å². The van der Waals surface area contributed by atoms with E-state index in [1.807, 2.05) is 13.1 Å². The lowest BCUT2D eigenvalue weighted by molar-refractivity contribution is 0.0696. The Morgan fingerprint density at radius 1 is 1.35 bits per heavy atom. The van der Waals surface area contributed by atoms with E-state index in [1.165, 1.54) is 12.1 Å². The molecule has 7 nitrogen and oxygen atoms in total. The number of sulfonamides is 1. The number of carbonyl (C=O) groups is 1. The number of hydrogen-bond acceptors (Lipinski definition) is 4. The van der Waals surface area contributed by atoms with Crippen LogP contribution in [0.25, 0.3) is 0 Å². The minimum Gasteiger partial charge on any atom is -0.478 e. The van der Waals surface area contributed by atoms with E-state index in [1.54, 1.807) is 6.07 Å². The average molecular weight is 377 g/mol. The van der Waals surface area contributed by atoms with Crippen LogP contribution in [-0.4, -0.2) is 35.6 Å². The van der Waals surface area contributed by atoms with Crippen molar-refractivity contribution >= 4 is 16.0 Å². The number of fused-ring (bicyclic) bond motifs is 1. The van der Waals surface area contributed by atoms with E-state index in [2.05, 4.69) is 14.3 Å². The van der Waals surface area contributed by atoms with E-state index >= 15 is 0 Å². The highest BCUT2D eigenvalue weighted by Gasteiger charge is 2.20. The number of aromatic nitrogens is 2. The molecular formula is C18H23N3O4S. The van der Waals surface area contributed by atoms with Crippen molar-refractivity contribution in [1.82, 2.24) is 14.3 Å². The number of nitrogens with zero attached hydrogens (tertiary/aromatic N) is 2. The van der Waals surface area contributed by atoms with Crippen LogP contribution >= 0.6 is 0 Å². The number of hydrogen-bond donors (Lipinski definition) is 2. The highest BCUT2D eigenvalue weighted by molar-refractivity contribution is 7.89. The first kappa shape index (κ1) is 18.6. The Balaban J connectivity index is 1.71. The van der Waals surface area contributed by atoms with E-state index in [0.29, 0.717) is 18.4 Å². The minimum atomic E-state index is -3.78. The van der Waals surface area contributed by atoms with Crippen molar-refractivity contribution < 1.29 is 18.3 Å². The number of benzene rings is 1. The fraction of sp³-hybridized carbons (Fsp3) is 0.444. The predicted molar refractivity (Wildman–Crippen MR) is 96.8 cm³/mol. The van der Waals surface area contributed by atoms with Gasteiger partial charge in [0.15, 0.2) is 0 Å². The van der Waals surface area contributed by atoms with Crippen molar-refractivity contribution in [3.05, 3.63) is 47.0 Å². The zero-order valence-electron chi connectivity index (χ0n) is 14.7. The Bertz CT molecular complexity index is 895. The van der Waals surface area contributed by atoms with Crippen LogP contribution < -0.4 is 4.72 Å². The first-order valence-electron chi connectivity index (χ1n) is 8.81. The van der Waals surface area contributed by atoms with E-state index in [4.69, 9.17) is 5.11 Å². The maximum Gasteiger partial charge on any atom is 0.335 e. The number of rotatable bonds is 7. The molecule has 140 valence electrons. The first-order chi connectivity index (χ1) is 12.4. The molecule has 2 aromatic rings. The molecule has 1 aromatic carbocycles. The predicted octanol–water partition coefficient (Wildman–Crippen LogP) is 2.00. The summed E-state index contributed by atoms with van der Waals surface area (Å²) >= 11 is 0. The van der Waals surface area contributed by atoms with Gasteiger partial charge < -0.3 is 9.67 Å². The molecule has 0 saturated heterocycles. The summed E-state index contributed by atoms with van der Waals surface area (Å²) in [5.74, 6) is -0.0794. The molecule has 8 heteroatoms. The lowest BCUT2D eigenvalue weighted by atomic mass is 10.1. The Morgan fingerprint density at radius 3 is 2.85 bits per heavy atom. The molecule has 0 atom stereocenters. The first-order valence-corrected chi connectivity index (χ1v) is 10.3. The van der Waals surface area contributed by atoms with Gasteiger partial charge in [0.1, 0.15) is 5.82 Å². The van der Waals surface area contributed by atoms with Crippen LogP contribution in [0.4, 0.5) is 0 Å². The molecule has 1 aliphatic rings. The number of carboxylic acid groups (broad SMARTS) is 1. The van der Waals surface area contributed by atoms with Crippen LogP contribution in [0.3, 0.4) is 0 Å². The van der Waals surface area contributed by atoms with E-state index < -0.39 is 16.0 Å². The largest absolute Gasteiger partial charge is 0.478 e. The van der Waals surface area contributed by atoms with Gasteiger partial charge in [-0.3, -0.25) is 0 Å². The second kappa shape index (κ2) is 7.59. The third-order valence-electron chi connectivity index (χ3n) is 4.62. The van der Waals surface area contributed by atoms with Crippen molar-refractivity contribution in [2.24, 2.45) is 0 Å². The van der Waals surface area contributed by atoms with Crippen LogP contribution in [0.1, 0.15) is 47.2 Å². The SMILES string of the molecule is CCc1ccc(C(=O)O)cc1S(=O)(=O)NCCc1cn2c(n1)CCCC2. The van der Waals surface area contributed by atoms with Gasteiger partial charge >= 0.3 is 5.97 Å². The monoisotopic (exact) mass is 377 g/mol. The molecule has 26 heavy (non-hydrogen) atoms. The number of nitrogens with one attached hydrogen (secondary N) is 1. The molecule has 2 N–H and O–H groups in total. The van der Waals surface area contributed by atoms with Gasteiger partial charge in [0.25, 0.3) is 0 Å². The number of aryl methyl sites for hydroxylation is 3. The number of aromatic carboxylic acids is 1. The summed E-state index contributed by atoms with van der Waals surface area (Å²) in [6.07, 6.45) is 6.25. The van der Waals surface area contributed by atoms with Crippen LogP contribution in [0.5, 0.6) is 0 Å². The van der Waals surface area contributed by atoms with Gasteiger partial charge in [-0.2, -0.15) is 0 Å². The molecule has 0 saturated carbocycles. The topological polar surface area (TPSA) is 101 Å². The van der Waals surface area contributed by atoms with E-state index in [-0.39, 0.29) is 17.0 Å². The van der Waals surface area contributed by atoms with Crippen LogP contribution in [0, 0.1) is 0 Å².